The number of carbonyl (C=O) groups is 1. The molecule has 5 rings (SSSR count). The number of morpholine rings is 1. The number of thioether (sulfide) groups is 1. The van der Waals surface area contributed by atoms with Crippen LogP contribution in [-0.4, -0.2) is 86.3 Å². The average Bonchev–Trinajstić information content (AvgIpc) is 2.97. The molecule has 1 amide bonds. The molecule has 206 valence electrons. The quantitative estimate of drug-likeness (QED) is 0.224. The summed E-state index contributed by atoms with van der Waals surface area (Å²) >= 11 is 14.1. The number of benzene rings is 2. The standard InChI is InChI=1S/C28H32Cl2N6O2S/c29-23-2-1-3-24(18-23)35-10-12-36(13-11-35)26-19-25(30)32-28(33-26)39-20-21-4-6-22(7-5-21)27(37)31-8-9-34-14-16-38-17-15-34/h1-7,18-19H,8-17,20H2,(H,31,37). The van der Waals surface area contributed by atoms with Crippen LogP contribution < -0.4 is 15.1 Å². The van der Waals surface area contributed by atoms with E-state index in [0.717, 1.165) is 81.1 Å². The number of rotatable bonds is 9. The highest BCUT2D eigenvalue weighted by molar-refractivity contribution is 7.98. The van der Waals surface area contributed by atoms with E-state index in [9.17, 15) is 4.79 Å². The molecule has 11 heteroatoms. The van der Waals surface area contributed by atoms with Crippen LogP contribution in [0.2, 0.25) is 10.2 Å². The molecule has 0 unspecified atom stereocenters. The fourth-order valence-corrected chi connectivity index (χ4v) is 5.85. The molecule has 8 nitrogen and oxygen atoms in total. The van der Waals surface area contributed by atoms with Crippen LogP contribution in [0, 0.1) is 0 Å². The molecule has 0 aliphatic carbocycles. The van der Waals surface area contributed by atoms with Gasteiger partial charge in [0.25, 0.3) is 5.91 Å². The van der Waals surface area contributed by atoms with Crippen molar-refractivity contribution < 1.29 is 9.53 Å². The van der Waals surface area contributed by atoms with Crippen LogP contribution in [0.1, 0.15) is 15.9 Å². The number of hydrogen-bond acceptors (Lipinski definition) is 8. The number of hydrogen-bond donors (Lipinski definition) is 1. The molecule has 2 aromatic carbocycles. The maximum Gasteiger partial charge on any atom is 0.251 e. The van der Waals surface area contributed by atoms with Gasteiger partial charge in [-0.25, -0.2) is 9.97 Å². The normalized spacial score (nSPS) is 16.4. The van der Waals surface area contributed by atoms with Crippen molar-refractivity contribution in [2.24, 2.45) is 0 Å². The van der Waals surface area contributed by atoms with E-state index >= 15 is 0 Å². The summed E-state index contributed by atoms with van der Waals surface area (Å²) in [4.78, 5) is 28.6. The van der Waals surface area contributed by atoms with Gasteiger partial charge >= 0.3 is 0 Å². The molecule has 1 aromatic heterocycles. The summed E-state index contributed by atoms with van der Waals surface area (Å²) in [6.45, 7) is 8.23. The second-order valence-corrected chi connectivity index (χ2v) is 11.2. The highest BCUT2D eigenvalue weighted by atomic mass is 35.5. The Morgan fingerprint density at radius 2 is 1.67 bits per heavy atom. The predicted molar refractivity (Wildman–Crippen MR) is 159 cm³/mol. The Morgan fingerprint density at radius 3 is 2.41 bits per heavy atom. The summed E-state index contributed by atoms with van der Waals surface area (Å²) in [5, 5.41) is 4.83. The highest BCUT2D eigenvalue weighted by Crippen LogP contribution is 2.27. The largest absolute Gasteiger partial charge is 0.379 e. The predicted octanol–water partition coefficient (Wildman–Crippen LogP) is 4.46. The van der Waals surface area contributed by atoms with Crippen molar-refractivity contribution in [2.45, 2.75) is 10.9 Å². The average molecular weight is 588 g/mol. The molecule has 1 N–H and O–H groups in total. The summed E-state index contributed by atoms with van der Waals surface area (Å²) in [5.74, 6) is 1.47. The minimum absolute atomic E-state index is 0.0549. The third-order valence-corrected chi connectivity index (χ3v) is 8.19. The third-order valence-electron chi connectivity index (χ3n) is 6.84. The van der Waals surface area contributed by atoms with Gasteiger partial charge in [0.2, 0.25) is 0 Å². The van der Waals surface area contributed by atoms with E-state index in [0.29, 0.717) is 28.2 Å². The maximum absolute atomic E-state index is 12.5. The van der Waals surface area contributed by atoms with E-state index in [1.54, 1.807) is 0 Å². The molecule has 0 bridgehead atoms. The Labute approximate surface area is 243 Å². The molecule has 39 heavy (non-hydrogen) atoms. The zero-order valence-corrected chi connectivity index (χ0v) is 24.0. The number of nitrogens with zero attached hydrogens (tertiary/aromatic N) is 5. The Kier molecular flexibility index (Phi) is 9.81. The Bertz CT molecular complexity index is 1250. The van der Waals surface area contributed by atoms with Crippen LogP contribution in [0.15, 0.2) is 59.8 Å². The van der Waals surface area contributed by atoms with Crippen molar-refractivity contribution >= 4 is 52.4 Å². The summed E-state index contributed by atoms with van der Waals surface area (Å²) in [7, 11) is 0. The molecule has 0 atom stereocenters. The lowest BCUT2D eigenvalue weighted by Gasteiger charge is -2.36. The molecule has 0 radical (unpaired) electrons. The van der Waals surface area contributed by atoms with Gasteiger partial charge in [-0.15, -0.1) is 0 Å². The van der Waals surface area contributed by atoms with E-state index in [4.69, 9.17) is 32.9 Å². The van der Waals surface area contributed by atoms with Gasteiger partial charge in [0, 0.05) is 80.5 Å². The van der Waals surface area contributed by atoms with Crippen LogP contribution >= 0.6 is 35.0 Å². The van der Waals surface area contributed by atoms with Crippen LogP contribution in [0.3, 0.4) is 0 Å². The first-order valence-electron chi connectivity index (χ1n) is 13.1. The van der Waals surface area contributed by atoms with Crippen LogP contribution in [-0.2, 0) is 10.5 Å². The second kappa shape index (κ2) is 13.7. The van der Waals surface area contributed by atoms with Crippen molar-refractivity contribution in [2.75, 3.05) is 75.4 Å². The van der Waals surface area contributed by atoms with Crippen LogP contribution in [0.5, 0.6) is 0 Å². The highest BCUT2D eigenvalue weighted by Gasteiger charge is 2.20. The number of halogens is 2. The van der Waals surface area contributed by atoms with Crippen molar-refractivity contribution in [3.8, 4) is 0 Å². The lowest BCUT2D eigenvalue weighted by molar-refractivity contribution is 0.0383. The number of nitrogens with one attached hydrogen (secondary N) is 1. The Morgan fingerprint density at radius 1 is 0.923 bits per heavy atom. The number of ether oxygens (including phenoxy) is 1. The molecule has 3 heterocycles. The van der Waals surface area contributed by atoms with Crippen LogP contribution in [0.25, 0.3) is 0 Å². The monoisotopic (exact) mass is 586 g/mol. The van der Waals surface area contributed by atoms with Gasteiger partial charge in [0.15, 0.2) is 5.16 Å². The van der Waals surface area contributed by atoms with E-state index in [1.807, 2.05) is 48.5 Å². The molecule has 2 aliphatic rings. The molecule has 0 saturated carbocycles. The lowest BCUT2D eigenvalue weighted by Crippen LogP contribution is -2.46. The van der Waals surface area contributed by atoms with E-state index in [-0.39, 0.29) is 5.91 Å². The molecular formula is C28H32Cl2N6O2S. The van der Waals surface area contributed by atoms with Gasteiger partial charge in [-0.1, -0.05) is 53.2 Å². The minimum Gasteiger partial charge on any atom is -0.379 e. The number of amides is 1. The van der Waals surface area contributed by atoms with Crippen molar-refractivity contribution in [1.82, 2.24) is 20.2 Å². The zero-order valence-electron chi connectivity index (χ0n) is 21.7. The number of carbonyl (C=O) groups excluding carboxylic acids is 1. The zero-order chi connectivity index (χ0) is 27.0. The van der Waals surface area contributed by atoms with Gasteiger partial charge in [-0.2, -0.15) is 0 Å². The van der Waals surface area contributed by atoms with Crippen molar-refractivity contribution in [3.05, 3.63) is 75.9 Å². The summed E-state index contributed by atoms with van der Waals surface area (Å²) in [5.41, 5.74) is 2.88. The van der Waals surface area contributed by atoms with E-state index in [2.05, 4.69) is 31.1 Å². The first kappa shape index (κ1) is 28.0. The summed E-state index contributed by atoms with van der Waals surface area (Å²) in [6, 6.07) is 17.5. The first-order chi connectivity index (χ1) is 19.0. The molecule has 2 saturated heterocycles. The minimum atomic E-state index is -0.0549. The van der Waals surface area contributed by atoms with Crippen molar-refractivity contribution in [3.63, 3.8) is 0 Å². The Hall–Kier alpha value is -2.56. The molecule has 3 aromatic rings. The molecule has 2 aliphatic heterocycles. The smallest absolute Gasteiger partial charge is 0.251 e. The van der Waals surface area contributed by atoms with Gasteiger partial charge in [-0.3, -0.25) is 9.69 Å². The van der Waals surface area contributed by atoms with Gasteiger partial charge in [0.1, 0.15) is 11.0 Å². The fraction of sp³-hybridized carbons (Fsp3) is 0.393. The molecule has 2 fully saturated rings. The van der Waals surface area contributed by atoms with Gasteiger partial charge in [-0.05, 0) is 35.9 Å². The van der Waals surface area contributed by atoms with Gasteiger partial charge < -0.3 is 19.9 Å². The summed E-state index contributed by atoms with van der Waals surface area (Å²) < 4.78 is 5.36. The van der Waals surface area contributed by atoms with Crippen molar-refractivity contribution in [1.29, 1.82) is 0 Å². The number of aromatic nitrogens is 2. The van der Waals surface area contributed by atoms with Crippen LogP contribution in [0.4, 0.5) is 11.5 Å². The molecule has 0 spiro atoms. The van der Waals surface area contributed by atoms with E-state index in [1.165, 1.54) is 11.8 Å². The molecular weight excluding hydrogens is 555 g/mol. The third kappa shape index (κ3) is 7.99. The number of anilines is 2. The Balaban J connectivity index is 1.11. The first-order valence-corrected chi connectivity index (χ1v) is 14.9. The van der Waals surface area contributed by atoms with E-state index < -0.39 is 0 Å². The SMILES string of the molecule is O=C(NCCN1CCOCC1)c1ccc(CSc2nc(Cl)cc(N3CCN(c4cccc(Cl)c4)CC3)n2)cc1. The lowest BCUT2D eigenvalue weighted by atomic mass is 10.1. The second-order valence-electron chi connectivity index (χ2n) is 9.48. The van der Waals surface area contributed by atoms with Gasteiger partial charge in [0.05, 0.1) is 13.2 Å². The number of piperazine rings is 1. The fourth-order valence-electron chi connectivity index (χ4n) is 4.63. The topological polar surface area (TPSA) is 73.8 Å². The summed E-state index contributed by atoms with van der Waals surface area (Å²) in [6.07, 6.45) is 0. The maximum atomic E-state index is 12.5.